The smallest absolute Gasteiger partial charge is 0.257 e. The van der Waals surface area contributed by atoms with E-state index in [-0.39, 0.29) is 17.4 Å². The number of hydrogen-bond donors (Lipinski definition) is 1. The molecule has 0 atom stereocenters. The van der Waals surface area contributed by atoms with Crippen LogP contribution in [0.5, 0.6) is 5.75 Å². The highest BCUT2D eigenvalue weighted by Gasteiger charge is 2.44. The van der Waals surface area contributed by atoms with Crippen molar-refractivity contribution in [3.8, 4) is 11.6 Å². The fourth-order valence-electron chi connectivity index (χ4n) is 4.79. The second kappa shape index (κ2) is 7.41. The minimum absolute atomic E-state index is 0.0153. The summed E-state index contributed by atoms with van der Waals surface area (Å²) >= 11 is 0. The van der Waals surface area contributed by atoms with Gasteiger partial charge in [-0.3, -0.25) is 9.36 Å². The van der Waals surface area contributed by atoms with Crippen molar-refractivity contribution in [1.82, 2.24) is 19.4 Å². The predicted molar refractivity (Wildman–Crippen MR) is 119 cm³/mol. The Morgan fingerprint density at radius 1 is 1.13 bits per heavy atom. The number of fused-ring (bicyclic) bond motifs is 4. The van der Waals surface area contributed by atoms with Crippen molar-refractivity contribution in [3.63, 3.8) is 0 Å². The van der Waals surface area contributed by atoms with Gasteiger partial charge in [0.1, 0.15) is 11.6 Å². The van der Waals surface area contributed by atoms with E-state index in [2.05, 4.69) is 34.8 Å². The van der Waals surface area contributed by atoms with Crippen LogP contribution >= 0.6 is 0 Å². The van der Waals surface area contributed by atoms with Crippen molar-refractivity contribution in [1.29, 1.82) is 0 Å². The quantitative estimate of drug-likeness (QED) is 0.698. The largest absolute Gasteiger partial charge is 0.496 e. The standard InChI is InChI=1S/C24H27N5O2/c1-16(2)21-26-15-20-24(27-18-8-6-12-25-22(18)29(20)21)10-13-28(14-11-24)23(30)17-7-4-5-9-19(17)31-3/h4-9,12,15-16,27H,10-11,13-14H2,1-3H3. The van der Waals surface area contributed by atoms with E-state index in [1.54, 1.807) is 7.11 Å². The first-order valence-corrected chi connectivity index (χ1v) is 10.8. The topological polar surface area (TPSA) is 72.3 Å². The van der Waals surface area contributed by atoms with Crippen LogP contribution in [0.3, 0.4) is 0 Å². The van der Waals surface area contributed by atoms with Gasteiger partial charge in [0.15, 0.2) is 5.82 Å². The summed E-state index contributed by atoms with van der Waals surface area (Å²) in [6, 6.07) is 11.4. The Morgan fingerprint density at radius 2 is 1.90 bits per heavy atom. The summed E-state index contributed by atoms with van der Waals surface area (Å²) < 4.78 is 7.62. The molecule has 2 aliphatic heterocycles. The SMILES string of the molecule is COc1ccccc1C(=O)N1CCC2(CC1)Nc1cccnc1-n1c2cnc1C(C)C. The number of rotatable bonds is 3. The molecule has 0 unspecified atom stereocenters. The highest BCUT2D eigenvalue weighted by molar-refractivity contribution is 5.97. The Hall–Kier alpha value is -3.35. The second-order valence-electron chi connectivity index (χ2n) is 8.57. The van der Waals surface area contributed by atoms with Gasteiger partial charge in [-0.05, 0) is 37.1 Å². The number of methoxy groups -OCH3 is 1. The van der Waals surface area contributed by atoms with Gasteiger partial charge >= 0.3 is 0 Å². The van der Waals surface area contributed by atoms with Gasteiger partial charge in [0.2, 0.25) is 0 Å². The van der Waals surface area contributed by atoms with E-state index in [0.29, 0.717) is 24.4 Å². The number of ether oxygens (including phenoxy) is 1. The number of nitrogens with one attached hydrogen (secondary N) is 1. The number of piperidine rings is 1. The van der Waals surface area contributed by atoms with Crippen LogP contribution in [0.4, 0.5) is 5.69 Å². The maximum atomic E-state index is 13.2. The van der Waals surface area contributed by atoms with Crippen LogP contribution in [0, 0.1) is 0 Å². The minimum Gasteiger partial charge on any atom is -0.496 e. The number of benzene rings is 1. The normalized spacial score (nSPS) is 16.6. The number of hydrogen-bond acceptors (Lipinski definition) is 5. The number of carbonyl (C=O) groups excluding carboxylic acids is 1. The fraction of sp³-hybridized carbons (Fsp3) is 0.375. The van der Waals surface area contributed by atoms with Crippen LogP contribution in [-0.4, -0.2) is 45.5 Å². The molecule has 1 amide bonds. The van der Waals surface area contributed by atoms with Gasteiger partial charge < -0.3 is 15.0 Å². The number of nitrogens with zero attached hydrogens (tertiary/aromatic N) is 4. The molecule has 7 heteroatoms. The lowest BCUT2D eigenvalue weighted by Gasteiger charge is -2.45. The molecule has 2 aromatic heterocycles. The monoisotopic (exact) mass is 417 g/mol. The number of para-hydroxylation sites is 1. The van der Waals surface area contributed by atoms with E-state index in [1.807, 2.05) is 47.6 Å². The third-order valence-corrected chi connectivity index (χ3v) is 6.41. The van der Waals surface area contributed by atoms with Crippen LogP contribution in [0.15, 0.2) is 48.8 Å². The summed E-state index contributed by atoms with van der Waals surface area (Å²) in [6.07, 6.45) is 5.40. The van der Waals surface area contributed by atoms with Crippen LogP contribution in [0.1, 0.15) is 54.5 Å². The molecule has 0 saturated carbocycles. The van der Waals surface area contributed by atoms with Crippen molar-refractivity contribution < 1.29 is 9.53 Å². The summed E-state index contributed by atoms with van der Waals surface area (Å²) in [5.41, 5.74) is 2.48. The average Bonchev–Trinajstić information content (AvgIpc) is 3.26. The lowest BCUT2D eigenvalue weighted by atomic mass is 9.82. The molecule has 5 rings (SSSR count). The minimum atomic E-state index is -0.270. The van der Waals surface area contributed by atoms with Gasteiger partial charge in [-0.2, -0.15) is 0 Å². The summed E-state index contributed by atoms with van der Waals surface area (Å²) in [5, 5.41) is 3.76. The van der Waals surface area contributed by atoms with E-state index < -0.39 is 0 Å². The van der Waals surface area contributed by atoms with Crippen LogP contribution in [0.25, 0.3) is 5.82 Å². The molecule has 1 N–H and O–H groups in total. The molecular formula is C24H27N5O2. The molecule has 0 aliphatic carbocycles. The summed E-state index contributed by atoms with van der Waals surface area (Å²) in [4.78, 5) is 24.5. The molecule has 7 nitrogen and oxygen atoms in total. The molecule has 3 aromatic rings. The highest BCUT2D eigenvalue weighted by atomic mass is 16.5. The Labute approximate surface area is 182 Å². The van der Waals surface area contributed by atoms with Crippen molar-refractivity contribution in [2.45, 2.75) is 38.1 Å². The number of anilines is 1. The van der Waals surface area contributed by atoms with E-state index in [9.17, 15) is 4.79 Å². The van der Waals surface area contributed by atoms with Gasteiger partial charge in [-0.15, -0.1) is 0 Å². The first-order valence-electron chi connectivity index (χ1n) is 10.8. The van der Waals surface area contributed by atoms with Crippen LogP contribution in [-0.2, 0) is 5.54 Å². The summed E-state index contributed by atoms with van der Waals surface area (Å²) in [5.74, 6) is 2.83. The predicted octanol–water partition coefficient (Wildman–Crippen LogP) is 3.96. The van der Waals surface area contributed by atoms with E-state index in [4.69, 9.17) is 9.72 Å². The lowest BCUT2D eigenvalue weighted by molar-refractivity contribution is 0.0673. The first-order chi connectivity index (χ1) is 15.0. The molecule has 1 aromatic carbocycles. The van der Waals surface area contributed by atoms with E-state index in [1.165, 1.54) is 0 Å². The summed E-state index contributed by atoms with van der Waals surface area (Å²) in [7, 11) is 1.60. The number of carbonyl (C=O) groups is 1. The molecule has 1 saturated heterocycles. The zero-order valence-corrected chi connectivity index (χ0v) is 18.1. The molecule has 4 heterocycles. The van der Waals surface area contributed by atoms with Crippen molar-refractivity contribution >= 4 is 11.6 Å². The Kier molecular flexibility index (Phi) is 4.68. The van der Waals surface area contributed by atoms with Gasteiger partial charge in [0.25, 0.3) is 5.91 Å². The molecule has 160 valence electrons. The van der Waals surface area contributed by atoms with Gasteiger partial charge in [0, 0.05) is 25.2 Å². The first kappa shape index (κ1) is 19.6. The van der Waals surface area contributed by atoms with Gasteiger partial charge in [0.05, 0.1) is 35.8 Å². The Bertz CT molecular complexity index is 1130. The lowest BCUT2D eigenvalue weighted by Crippen LogP contribution is -2.51. The number of aromatic nitrogens is 3. The number of likely N-dealkylation sites (tertiary alicyclic amines) is 1. The number of imidazole rings is 1. The molecule has 31 heavy (non-hydrogen) atoms. The molecule has 1 fully saturated rings. The Balaban J connectivity index is 1.46. The van der Waals surface area contributed by atoms with Crippen LogP contribution < -0.4 is 10.1 Å². The van der Waals surface area contributed by atoms with Crippen LogP contribution in [0.2, 0.25) is 0 Å². The van der Waals surface area contributed by atoms with E-state index in [0.717, 1.165) is 35.9 Å². The Morgan fingerprint density at radius 3 is 2.65 bits per heavy atom. The molecule has 1 spiro atoms. The third-order valence-electron chi connectivity index (χ3n) is 6.41. The van der Waals surface area contributed by atoms with Crippen molar-refractivity contribution in [3.05, 3.63) is 65.9 Å². The van der Waals surface area contributed by atoms with Gasteiger partial charge in [-0.25, -0.2) is 9.97 Å². The zero-order valence-electron chi connectivity index (χ0n) is 18.1. The van der Waals surface area contributed by atoms with Gasteiger partial charge in [-0.1, -0.05) is 26.0 Å². The molecule has 0 bridgehead atoms. The third kappa shape index (κ3) is 3.07. The average molecular weight is 418 g/mol. The summed E-state index contributed by atoms with van der Waals surface area (Å²) in [6.45, 7) is 5.62. The highest BCUT2D eigenvalue weighted by Crippen LogP contribution is 2.44. The van der Waals surface area contributed by atoms with E-state index >= 15 is 0 Å². The molecule has 2 aliphatic rings. The maximum absolute atomic E-state index is 13.2. The van der Waals surface area contributed by atoms with Crippen molar-refractivity contribution in [2.75, 3.05) is 25.5 Å². The maximum Gasteiger partial charge on any atom is 0.257 e. The number of amides is 1. The second-order valence-corrected chi connectivity index (χ2v) is 8.57. The molecule has 0 radical (unpaired) electrons. The van der Waals surface area contributed by atoms with Crippen molar-refractivity contribution in [2.24, 2.45) is 0 Å². The fourth-order valence-corrected chi connectivity index (χ4v) is 4.79. The zero-order chi connectivity index (χ0) is 21.6. The molecular weight excluding hydrogens is 390 g/mol. The number of pyridine rings is 1.